The molecule has 3 amide bonds. The van der Waals surface area contributed by atoms with Gasteiger partial charge in [-0.25, -0.2) is 4.79 Å². The third-order valence-corrected chi connectivity index (χ3v) is 5.57. The van der Waals surface area contributed by atoms with E-state index in [9.17, 15) is 14.4 Å². The molecule has 36 heavy (non-hydrogen) atoms. The van der Waals surface area contributed by atoms with Crippen LogP contribution in [0.3, 0.4) is 0 Å². The average molecular weight is 496 g/mol. The largest absolute Gasteiger partial charge is 0.497 e. The molecule has 0 aromatic heterocycles. The SMILES string of the molecule is C=CCN(C(=O)C(C)NC(=O)OC(C)(C)C)C(C(=O)Nc1ccc(OC)cc1)c1cccc(C)c1C. The van der Waals surface area contributed by atoms with Crippen LogP contribution in [0.15, 0.2) is 55.1 Å². The Bertz CT molecular complexity index is 1090. The van der Waals surface area contributed by atoms with Gasteiger partial charge in [-0.05, 0) is 82.5 Å². The number of rotatable bonds is 9. The second kappa shape index (κ2) is 12.2. The van der Waals surface area contributed by atoms with E-state index in [0.717, 1.165) is 11.1 Å². The number of methoxy groups -OCH3 is 1. The van der Waals surface area contributed by atoms with Gasteiger partial charge in [0.25, 0.3) is 5.91 Å². The fraction of sp³-hybridized carbons (Fsp3) is 0.393. The van der Waals surface area contributed by atoms with Crippen molar-refractivity contribution in [3.8, 4) is 5.75 Å². The number of aryl methyl sites for hydroxylation is 1. The highest BCUT2D eigenvalue weighted by molar-refractivity contribution is 5.99. The molecule has 194 valence electrons. The first-order chi connectivity index (χ1) is 16.9. The molecule has 0 heterocycles. The van der Waals surface area contributed by atoms with E-state index in [4.69, 9.17) is 9.47 Å². The summed E-state index contributed by atoms with van der Waals surface area (Å²) in [4.78, 5) is 41.0. The molecule has 2 N–H and O–H groups in total. The predicted octanol–water partition coefficient (Wildman–Crippen LogP) is 4.92. The zero-order valence-corrected chi connectivity index (χ0v) is 22.2. The Hall–Kier alpha value is -3.81. The van der Waals surface area contributed by atoms with Gasteiger partial charge in [-0.3, -0.25) is 9.59 Å². The highest BCUT2D eigenvalue weighted by Crippen LogP contribution is 2.29. The monoisotopic (exact) mass is 495 g/mol. The Kier molecular flexibility index (Phi) is 9.67. The topological polar surface area (TPSA) is 97.0 Å². The molecule has 8 heteroatoms. The summed E-state index contributed by atoms with van der Waals surface area (Å²) >= 11 is 0. The van der Waals surface area contributed by atoms with Crippen LogP contribution in [0.4, 0.5) is 10.5 Å². The maximum Gasteiger partial charge on any atom is 0.408 e. The van der Waals surface area contributed by atoms with Gasteiger partial charge in [0.05, 0.1) is 7.11 Å². The van der Waals surface area contributed by atoms with Crippen LogP contribution < -0.4 is 15.4 Å². The summed E-state index contributed by atoms with van der Waals surface area (Å²) < 4.78 is 10.5. The number of amides is 3. The number of ether oxygens (including phenoxy) is 2. The molecule has 0 radical (unpaired) electrons. The molecule has 2 rings (SSSR count). The number of carbonyl (C=O) groups excluding carboxylic acids is 3. The maximum atomic E-state index is 13.7. The molecule has 0 spiro atoms. The molecule has 2 unspecified atom stereocenters. The zero-order valence-electron chi connectivity index (χ0n) is 22.2. The van der Waals surface area contributed by atoms with Crippen LogP contribution in [0.2, 0.25) is 0 Å². The van der Waals surface area contributed by atoms with E-state index in [2.05, 4.69) is 17.2 Å². The van der Waals surface area contributed by atoms with Crippen molar-refractivity contribution in [3.05, 3.63) is 71.8 Å². The van der Waals surface area contributed by atoms with Crippen molar-refractivity contribution in [2.24, 2.45) is 0 Å². The van der Waals surface area contributed by atoms with E-state index in [0.29, 0.717) is 17.0 Å². The summed E-state index contributed by atoms with van der Waals surface area (Å²) in [7, 11) is 1.56. The van der Waals surface area contributed by atoms with Crippen molar-refractivity contribution in [2.45, 2.75) is 59.2 Å². The second-order valence-electron chi connectivity index (χ2n) is 9.56. The van der Waals surface area contributed by atoms with Crippen molar-refractivity contribution in [2.75, 3.05) is 19.0 Å². The van der Waals surface area contributed by atoms with Gasteiger partial charge in [0.15, 0.2) is 0 Å². The number of hydrogen-bond donors (Lipinski definition) is 2. The molecule has 0 saturated carbocycles. The summed E-state index contributed by atoms with van der Waals surface area (Å²) in [6, 6.07) is 10.6. The van der Waals surface area contributed by atoms with Crippen LogP contribution in [-0.4, -0.2) is 48.1 Å². The summed E-state index contributed by atoms with van der Waals surface area (Å²) in [5, 5.41) is 5.48. The van der Waals surface area contributed by atoms with E-state index < -0.39 is 35.6 Å². The molecular formula is C28H37N3O5. The van der Waals surface area contributed by atoms with E-state index in [1.165, 1.54) is 4.90 Å². The Labute approximate surface area is 213 Å². The molecule has 2 atom stereocenters. The minimum absolute atomic E-state index is 0.0905. The van der Waals surface area contributed by atoms with Gasteiger partial charge in [-0.15, -0.1) is 6.58 Å². The molecule has 2 aromatic rings. The second-order valence-corrected chi connectivity index (χ2v) is 9.56. The van der Waals surface area contributed by atoms with E-state index in [1.54, 1.807) is 65.1 Å². The van der Waals surface area contributed by atoms with Crippen LogP contribution in [0.1, 0.15) is 50.4 Å². The van der Waals surface area contributed by atoms with Crippen LogP contribution in [-0.2, 0) is 14.3 Å². The van der Waals surface area contributed by atoms with Gasteiger partial charge < -0.3 is 25.0 Å². The number of nitrogens with one attached hydrogen (secondary N) is 2. The van der Waals surface area contributed by atoms with E-state index in [1.807, 2.05) is 32.0 Å². The smallest absolute Gasteiger partial charge is 0.408 e. The Balaban J connectivity index is 2.44. The van der Waals surface area contributed by atoms with Crippen molar-refractivity contribution in [3.63, 3.8) is 0 Å². The van der Waals surface area contributed by atoms with Gasteiger partial charge >= 0.3 is 6.09 Å². The van der Waals surface area contributed by atoms with Crippen molar-refractivity contribution in [1.82, 2.24) is 10.2 Å². The van der Waals surface area contributed by atoms with Crippen LogP contribution in [0, 0.1) is 13.8 Å². The van der Waals surface area contributed by atoms with Gasteiger partial charge in [0.1, 0.15) is 23.4 Å². The average Bonchev–Trinajstić information content (AvgIpc) is 2.80. The Morgan fingerprint density at radius 3 is 2.28 bits per heavy atom. The third kappa shape index (κ3) is 7.60. The molecular weight excluding hydrogens is 458 g/mol. The van der Waals surface area contributed by atoms with E-state index >= 15 is 0 Å². The number of carbonyl (C=O) groups is 3. The molecule has 0 aliphatic carbocycles. The maximum absolute atomic E-state index is 13.7. The number of anilines is 1. The van der Waals surface area contributed by atoms with Crippen LogP contribution >= 0.6 is 0 Å². The lowest BCUT2D eigenvalue weighted by molar-refractivity contribution is -0.139. The minimum atomic E-state index is -0.972. The van der Waals surface area contributed by atoms with Crippen molar-refractivity contribution >= 4 is 23.6 Å². The molecule has 0 aliphatic rings. The quantitative estimate of drug-likeness (QED) is 0.482. The number of nitrogens with zero attached hydrogens (tertiary/aromatic N) is 1. The number of hydrogen-bond acceptors (Lipinski definition) is 5. The van der Waals surface area contributed by atoms with Gasteiger partial charge in [0.2, 0.25) is 5.91 Å². The molecule has 0 fully saturated rings. The highest BCUT2D eigenvalue weighted by atomic mass is 16.6. The lowest BCUT2D eigenvalue weighted by Gasteiger charge is -2.33. The first-order valence-electron chi connectivity index (χ1n) is 11.8. The molecule has 2 aromatic carbocycles. The van der Waals surface area contributed by atoms with E-state index in [-0.39, 0.29) is 6.54 Å². The van der Waals surface area contributed by atoms with Gasteiger partial charge in [0, 0.05) is 12.2 Å². The first-order valence-corrected chi connectivity index (χ1v) is 11.8. The lowest BCUT2D eigenvalue weighted by atomic mass is 9.95. The van der Waals surface area contributed by atoms with Gasteiger partial charge in [-0.2, -0.15) is 0 Å². The summed E-state index contributed by atoms with van der Waals surface area (Å²) in [5.74, 6) is -0.185. The van der Waals surface area contributed by atoms with Crippen LogP contribution in [0.5, 0.6) is 5.75 Å². The fourth-order valence-corrected chi connectivity index (χ4v) is 3.66. The summed E-state index contributed by atoms with van der Waals surface area (Å²) in [6.07, 6.45) is 0.838. The predicted molar refractivity (Wildman–Crippen MR) is 141 cm³/mol. The standard InChI is InChI=1S/C28H37N3O5/c1-9-17-31(26(33)20(4)29-27(34)36-28(5,6)7)24(23-12-10-11-18(2)19(23)3)25(32)30-21-13-15-22(35-8)16-14-21/h9-16,20,24H,1,17H2,2-8H3,(H,29,34)(H,30,32). The summed E-state index contributed by atoms with van der Waals surface area (Å²) in [6.45, 7) is 14.5. The molecule has 0 aliphatic heterocycles. The highest BCUT2D eigenvalue weighted by Gasteiger charge is 2.35. The Morgan fingerprint density at radius 1 is 1.08 bits per heavy atom. The Morgan fingerprint density at radius 2 is 1.72 bits per heavy atom. The molecule has 8 nitrogen and oxygen atoms in total. The van der Waals surface area contributed by atoms with Crippen molar-refractivity contribution in [1.29, 1.82) is 0 Å². The third-order valence-electron chi connectivity index (χ3n) is 5.57. The molecule has 0 bridgehead atoms. The fourth-order valence-electron chi connectivity index (χ4n) is 3.66. The van der Waals surface area contributed by atoms with Gasteiger partial charge in [-0.1, -0.05) is 24.3 Å². The van der Waals surface area contributed by atoms with Crippen molar-refractivity contribution < 1.29 is 23.9 Å². The normalized spacial score (nSPS) is 12.6. The first kappa shape index (κ1) is 28.4. The zero-order chi connectivity index (χ0) is 27.0. The number of benzene rings is 2. The molecule has 0 saturated heterocycles. The lowest BCUT2D eigenvalue weighted by Crippen LogP contribution is -2.51. The van der Waals surface area contributed by atoms with Crippen LogP contribution in [0.25, 0.3) is 0 Å². The minimum Gasteiger partial charge on any atom is -0.497 e. The summed E-state index contributed by atoms with van der Waals surface area (Å²) in [5.41, 5.74) is 2.40. The number of alkyl carbamates (subject to hydrolysis) is 1.